The van der Waals surface area contributed by atoms with Crippen LogP contribution in [0.2, 0.25) is 0 Å². The van der Waals surface area contributed by atoms with Gasteiger partial charge < -0.3 is 44.9 Å². The number of hydrogen-bond acceptors (Lipinski definition) is 11. The molecule has 3 aliphatic rings. The highest BCUT2D eigenvalue weighted by Gasteiger charge is 2.61. The van der Waals surface area contributed by atoms with Gasteiger partial charge in [-0.05, 0) is 51.2 Å². The van der Waals surface area contributed by atoms with E-state index >= 15 is 0 Å². The molecule has 4 aromatic carbocycles. The molecule has 9 rings (SSSR count). The zero-order valence-electron chi connectivity index (χ0n) is 33.1. The van der Waals surface area contributed by atoms with Crippen LogP contribution in [0.3, 0.4) is 0 Å². The third kappa shape index (κ3) is 6.95. The number of nitrogens with zero attached hydrogens (tertiary/aromatic N) is 1. The summed E-state index contributed by atoms with van der Waals surface area (Å²) >= 11 is 3.69. The number of ether oxygens (including phenoxy) is 3. The Labute approximate surface area is 357 Å². The molecular formula is C45H39BrN6O9. The van der Waals surface area contributed by atoms with Crippen molar-refractivity contribution in [3.05, 3.63) is 141 Å². The Hall–Kier alpha value is -6.94. The first kappa shape index (κ1) is 39.5. The number of halogens is 1. The number of nitrogens with one attached hydrogen (secondary N) is 5. The SMILES string of the molecule is CC(=O)Oc1cccc2c(C(=O)CNC(=O)c3nc4oc3[C@]35c6cc(ccc6OC3Nc3c(Br)cccc35)C[C@H](NC(=O)OCc3ccccc3)C(=O)N[C@H]4C(C)C)c[nH]c12. The van der Waals surface area contributed by atoms with Crippen LogP contribution in [0.5, 0.6) is 11.5 Å². The summed E-state index contributed by atoms with van der Waals surface area (Å²) in [5, 5.41) is 12.6. The molecule has 15 nitrogen and oxygen atoms in total. The van der Waals surface area contributed by atoms with Gasteiger partial charge in [-0.25, -0.2) is 9.78 Å². The summed E-state index contributed by atoms with van der Waals surface area (Å²) in [4.78, 5) is 75.3. The lowest BCUT2D eigenvalue weighted by atomic mass is 9.72. The number of oxazole rings is 1. The number of fused-ring (bicyclic) bond motifs is 5. The van der Waals surface area contributed by atoms with E-state index in [9.17, 15) is 24.0 Å². The quantitative estimate of drug-likeness (QED) is 0.0595. The van der Waals surface area contributed by atoms with Gasteiger partial charge in [-0.15, -0.1) is 0 Å². The first-order valence-electron chi connectivity index (χ1n) is 19.7. The molecule has 0 saturated carbocycles. The Morgan fingerprint density at radius 3 is 2.57 bits per heavy atom. The first-order valence-corrected chi connectivity index (χ1v) is 20.5. The average Bonchev–Trinajstić information content (AvgIpc) is 4.02. The highest BCUT2D eigenvalue weighted by atomic mass is 79.9. The molecule has 2 aromatic heterocycles. The molecule has 16 heteroatoms. The molecule has 5 heterocycles. The number of carbonyl (C=O) groups excluding carboxylic acids is 5. The number of para-hydroxylation sites is 2. The molecule has 1 unspecified atom stereocenters. The summed E-state index contributed by atoms with van der Waals surface area (Å²) in [6.07, 6.45) is -0.000268. The van der Waals surface area contributed by atoms with Gasteiger partial charge in [0.2, 0.25) is 11.8 Å². The second-order valence-corrected chi connectivity index (χ2v) is 16.3. The summed E-state index contributed by atoms with van der Waals surface area (Å²) in [6.45, 7) is 4.61. The number of amides is 3. The summed E-state index contributed by atoms with van der Waals surface area (Å²) in [5.74, 6) is -1.52. The second-order valence-electron chi connectivity index (χ2n) is 15.4. The van der Waals surface area contributed by atoms with E-state index in [4.69, 9.17) is 23.6 Å². The van der Waals surface area contributed by atoms with Gasteiger partial charge >= 0.3 is 12.1 Å². The summed E-state index contributed by atoms with van der Waals surface area (Å²) in [7, 11) is 0. The summed E-state index contributed by atoms with van der Waals surface area (Å²) < 4.78 is 25.0. The molecule has 0 saturated heterocycles. The number of anilines is 1. The molecule has 4 bridgehead atoms. The van der Waals surface area contributed by atoms with Gasteiger partial charge in [0.15, 0.2) is 29.2 Å². The Morgan fingerprint density at radius 2 is 1.79 bits per heavy atom. The van der Waals surface area contributed by atoms with Crippen molar-refractivity contribution in [3.8, 4) is 11.5 Å². The number of Topliss-reactive ketones (excluding diaryl/α,β-unsaturated/α-hetero) is 1. The van der Waals surface area contributed by atoms with Crippen LogP contribution in [-0.2, 0) is 32.8 Å². The van der Waals surface area contributed by atoms with E-state index < -0.39 is 59.9 Å². The Bertz CT molecular complexity index is 2770. The summed E-state index contributed by atoms with van der Waals surface area (Å²) in [5.41, 5.74) is 2.90. The number of alkyl carbamates (subject to hydrolysis) is 1. The monoisotopic (exact) mass is 886 g/mol. The minimum absolute atomic E-state index is 0.00597. The summed E-state index contributed by atoms with van der Waals surface area (Å²) in [6, 6.07) is 23.4. The van der Waals surface area contributed by atoms with Crippen molar-refractivity contribution in [3.63, 3.8) is 0 Å². The standard InChI is InChI=1S/C45H39BrN6O9/c1-22(2)35-42-51-38(41(56)48-20-32(54)27-19-47-36-26(27)11-7-14-34(36)59-23(3)53)39(61-42)45-28-12-8-13-30(46)37(28)52-43(45)60-33-16-15-25(17-29(33)45)18-31(40(55)50-35)49-44(57)58-21-24-9-5-4-6-10-24/h4-17,19,22,31,35,43,47,52H,18,20-21H2,1-3H3,(H,48,56)(H,49,57)(H,50,55)/t31-,35-,43?,45-/m0/s1. The molecule has 5 N–H and O–H groups in total. The molecule has 0 radical (unpaired) electrons. The molecule has 3 amide bonds. The number of rotatable bonds is 9. The van der Waals surface area contributed by atoms with Gasteiger partial charge in [0, 0.05) is 46.1 Å². The lowest BCUT2D eigenvalue weighted by Gasteiger charge is -2.28. The van der Waals surface area contributed by atoms with Crippen LogP contribution in [-0.4, -0.2) is 58.4 Å². The maximum Gasteiger partial charge on any atom is 0.408 e. The molecule has 6 aromatic rings. The third-order valence-corrected chi connectivity index (χ3v) is 11.8. The van der Waals surface area contributed by atoms with Crippen LogP contribution in [0.1, 0.15) is 81.6 Å². The Kier molecular flexibility index (Phi) is 10.1. The van der Waals surface area contributed by atoms with Gasteiger partial charge in [0.25, 0.3) is 5.91 Å². The molecule has 0 fully saturated rings. The molecular weight excluding hydrogens is 848 g/mol. The van der Waals surface area contributed by atoms with Crippen LogP contribution in [0.25, 0.3) is 10.9 Å². The fraction of sp³-hybridized carbons (Fsp3) is 0.244. The maximum atomic E-state index is 14.6. The van der Waals surface area contributed by atoms with Gasteiger partial charge in [0.05, 0.1) is 17.7 Å². The number of H-pyrrole nitrogens is 1. The number of ketones is 1. The number of hydrogen-bond donors (Lipinski definition) is 5. The van der Waals surface area contributed by atoms with Crippen molar-refractivity contribution >= 4 is 62.2 Å². The molecule has 61 heavy (non-hydrogen) atoms. The fourth-order valence-electron chi connectivity index (χ4n) is 8.34. The minimum Gasteiger partial charge on any atom is -0.469 e. The predicted molar refractivity (Wildman–Crippen MR) is 224 cm³/mol. The van der Waals surface area contributed by atoms with Crippen molar-refractivity contribution in [2.24, 2.45) is 5.92 Å². The molecule has 0 aliphatic carbocycles. The van der Waals surface area contributed by atoms with Gasteiger partial charge in [0.1, 0.15) is 29.9 Å². The van der Waals surface area contributed by atoms with E-state index in [1.807, 2.05) is 74.5 Å². The van der Waals surface area contributed by atoms with Crippen molar-refractivity contribution in [1.82, 2.24) is 25.9 Å². The zero-order valence-corrected chi connectivity index (χ0v) is 34.7. The zero-order chi connectivity index (χ0) is 42.6. The molecule has 310 valence electrons. The van der Waals surface area contributed by atoms with Crippen molar-refractivity contribution < 1.29 is 42.6 Å². The smallest absolute Gasteiger partial charge is 0.408 e. The molecule has 4 atom stereocenters. The van der Waals surface area contributed by atoms with Gasteiger partial charge in [-0.3, -0.25) is 19.2 Å². The van der Waals surface area contributed by atoms with E-state index in [-0.39, 0.29) is 47.6 Å². The highest BCUT2D eigenvalue weighted by molar-refractivity contribution is 9.10. The van der Waals surface area contributed by atoms with Gasteiger partial charge in [-0.1, -0.05) is 80.6 Å². The van der Waals surface area contributed by atoms with Crippen LogP contribution < -0.4 is 30.7 Å². The highest BCUT2D eigenvalue weighted by Crippen LogP contribution is 2.59. The lowest BCUT2D eigenvalue weighted by molar-refractivity contribution is -0.131. The largest absolute Gasteiger partial charge is 0.469 e. The number of aromatic amines is 1. The van der Waals surface area contributed by atoms with Crippen molar-refractivity contribution in [2.45, 2.75) is 57.5 Å². The van der Waals surface area contributed by atoms with Crippen LogP contribution >= 0.6 is 15.9 Å². The van der Waals surface area contributed by atoms with E-state index in [2.05, 4.69) is 42.2 Å². The average molecular weight is 888 g/mol. The number of aromatic nitrogens is 2. The van der Waals surface area contributed by atoms with E-state index in [1.54, 1.807) is 24.3 Å². The van der Waals surface area contributed by atoms with E-state index in [0.717, 1.165) is 21.3 Å². The van der Waals surface area contributed by atoms with E-state index in [1.165, 1.54) is 13.1 Å². The van der Waals surface area contributed by atoms with E-state index in [0.29, 0.717) is 27.8 Å². The normalized spacial score (nSPS) is 19.6. The fourth-order valence-corrected chi connectivity index (χ4v) is 8.82. The van der Waals surface area contributed by atoms with Crippen LogP contribution in [0, 0.1) is 5.92 Å². The molecule has 1 spiro atoms. The van der Waals surface area contributed by atoms with Crippen molar-refractivity contribution in [2.75, 3.05) is 11.9 Å². The maximum absolute atomic E-state index is 14.6. The van der Waals surface area contributed by atoms with Gasteiger partial charge in [-0.2, -0.15) is 0 Å². The second kappa shape index (κ2) is 15.6. The first-order chi connectivity index (χ1) is 29.4. The molecule has 3 aliphatic heterocycles. The Balaban J connectivity index is 1.11. The lowest BCUT2D eigenvalue weighted by Crippen LogP contribution is -2.49. The topological polar surface area (TPSA) is 203 Å². The minimum atomic E-state index is -1.29. The van der Waals surface area contributed by atoms with Crippen LogP contribution in [0.4, 0.5) is 10.5 Å². The number of carbonyl (C=O) groups is 5. The Morgan fingerprint density at radius 1 is 0.984 bits per heavy atom. The third-order valence-electron chi connectivity index (χ3n) is 11.2. The van der Waals surface area contributed by atoms with Crippen LogP contribution in [0.15, 0.2) is 100 Å². The number of esters is 1. The van der Waals surface area contributed by atoms with Crippen molar-refractivity contribution in [1.29, 1.82) is 0 Å². The number of benzene rings is 4. The predicted octanol–water partition coefficient (Wildman–Crippen LogP) is 6.60.